The number of fused-ring (bicyclic) bond motifs is 3. The first-order valence-corrected chi connectivity index (χ1v) is 21.2. The minimum absolute atomic E-state index is 0.0490. The first kappa shape index (κ1) is 44.1. The van der Waals surface area contributed by atoms with Crippen molar-refractivity contribution in [3.05, 3.63) is 185 Å². The molecule has 0 aliphatic heterocycles. The lowest BCUT2D eigenvalue weighted by molar-refractivity contribution is -0.170. The Morgan fingerprint density at radius 1 is 0.746 bits per heavy atom. The number of carbonyl (C=O) groups is 3. The van der Waals surface area contributed by atoms with Crippen molar-refractivity contribution in [3.63, 3.8) is 0 Å². The highest BCUT2D eigenvalue weighted by Crippen LogP contribution is 2.45. The Morgan fingerprint density at radius 2 is 1.35 bits per heavy atom. The Labute approximate surface area is 369 Å². The molecule has 6 aromatic rings. The van der Waals surface area contributed by atoms with Gasteiger partial charge in [-0.1, -0.05) is 141 Å². The number of hydroxylamine groups is 1. The van der Waals surface area contributed by atoms with Crippen LogP contribution >= 0.6 is 0 Å². The fourth-order valence-electron chi connectivity index (χ4n) is 8.19. The summed E-state index contributed by atoms with van der Waals surface area (Å²) in [5, 5.41) is 4.44. The van der Waals surface area contributed by atoms with Crippen molar-refractivity contribution in [1.29, 1.82) is 0 Å². The molecule has 2 unspecified atom stereocenters. The number of nitrogens with one attached hydrogen (secondary N) is 2. The Kier molecular flexibility index (Phi) is 13.9. The number of benzene rings is 6. The minimum atomic E-state index is -1.86. The summed E-state index contributed by atoms with van der Waals surface area (Å²) < 4.78 is 17.5. The highest BCUT2D eigenvalue weighted by molar-refractivity contribution is 5.88. The number of rotatable bonds is 18. The maximum Gasteiger partial charge on any atom is 0.335 e. The summed E-state index contributed by atoms with van der Waals surface area (Å²) in [5.41, 5.74) is 16.1. The summed E-state index contributed by atoms with van der Waals surface area (Å²) >= 11 is 0. The lowest BCUT2D eigenvalue weighted by Gasteiger charge is -2.32. The molecule has 7 rings (SSSR count). The lowest BCUT2D eigenvalue weighted by atomic mass is 9.83. The molecule has 0 spiro atoms. The summed E-state index contributed by atoms with van der Waals surface area (Å²) in [6.07, 6.45) is 1.85. The molecule has 0 heterocycles. The van der Waals surface area contributed by atoms with E-state index in [1.54, 1.807) is 49.6 Å². The van der Waals surface area contributed by atoms with Gasteiger partial charge in [-0.05, 0) is 81.7 Å². The van der Waals surface area contributed by atoms with Gasteiger partial charge in [0.15, 0.2) is 5.54 Å². The summed E-state index contributed by atoms with van der Waals surface area (Å²) in [4.78, 5) is 48.1. The van der Waals surface area contributed by atoms with Crippen LogP contribution in [-0.2, 0) is 24.7 Å². The molecule has 4 N–H and O–H groups in total. The highest BCUT2D eigenvalue weighted by Gasteiger charge is 2.43. The third kappa shape index (κ3) is 9.60. The number of hydrazine groups is 1. The second kappa shape index (κ2) is 19.8. The number of aryl methyl sites for hydroxylation is 1. The zero-order valence-electron chi connectivity index (χ0n) is 36.3. The normalized spacial score (nSPS) is 13.8. The van der Waals surface area contributed by atoms with Crippen molar-refractivity contribution in [2.75, 3.05) is 20.8 Å². The van der Waals surface area contributed by atoms with E-state index in [0.29, 0.717) is 35.5 Å². The molecular weight excluding hydrogens is 793 g/mol. The Hall–Kier alpha value is -6.95. The van der Waals surface area contributed by atoms with Crippen LogP contribution in [0.25, 0.3) is 11.1 Å². The van der Waals surface area contributed by atoms with Crippen molar-refractivity contribution in [2.45, 2.75) is 63.6 Å². The molecule has 11 nitrogen and oxygen atoms in total. The van der Waals surface area contributed by atoms with E-state index in [9.17, 15) is 14.4 Å². The van der Waals surface area contributed by atoms with Gasteiger partial charge in [-0.2, -0.15) is 0 Å². The first-order valence-electron chi connectivity index (χ1n) is 21.2. The summed E-state index contributed by atoms with van der Waals surface area (Å²) in [5.74, 6) is -0.546. The van der Waals surface area contributed by atoms with E-state index < -0.39 is 29.5 Å². The molecular formula is C52H54N4O7. The molecule has 6 aromatic carbocycles. The van der Waals surface area contributed by atoms with Crippen LogP contribution in [0.4, 0.5) is 0 Å². The van der Waals surface area contributed by atoms with E-state index in [0.717, 1.165) is 45.4 Å². The Balaban J connectivity index is 1.19. The number of hydrogen-bond donors (Lipinski definition) is 3. The van der Waals surface area contributed by atoms with Gasteiger partial charge >= 0.3 is 5.97 Å². The summed E-state index contributed by atoms with van der Waals surface area (Å²) in [6, 6.07) is 44.3. The second-order valence-corrected chi connectivity index (χ2v) is 15.7. The predicted octanol–water partition coefficient (Wildman–Crippen LogP) is 8.68. The van der Waals surface area contributed by atoms with E-state index in [1.807, 2.05) is 92.7 Å². The molecule has 2 amide bonds. The van der Waals surface area contributed by atoms with Crippen molar-refractivity contribution in [2.24, 2.45) is 5.73 Å². The van der Waals surface area contributed by atoms with E-state index >= 15 is 0 Å². The molecule has 3 atom stereocenters. The van der Waals surface area contributed by atoms with Crippen molar-refractivity contribution < 1.29 is 33.4 Å². The monoisotopic (exact) mass is 846 g/mol. The third-order valence-corrected chi connectivity index (χ3v) is 11.5. The molecule has 1 aliphatic carbocycles. The number of carbonyl (C=O) groups excluding carboxylic acids is 3. The van der Waals surface area contributed by atoms with Crippen molar-refractivity contribution in [3.8, 4) is 28.4 Å². The van der Waals surface area contributed by atoms with Crippen LogP contribution in [0.5, 0.6) is 17.2 Å². The maximum atomic E-state index is 14.7. The largest absolute Gasteiger partial charge is 0.497 e. The molecule has 0 fully saturated rings. The zero-order chi connectivity index (χ0) is 44.5. The smallest absolute Gasteiger partial charge is 0.335 e. The van der Waals surface area contributed by atoms with Gasteiger partial charge in [-0.15, -0.1) is 0 Å². The number of ether oxygens (including phenoxy) is 3. The van der Waals surface area contributed by atoms with Gasteiger partial charge < -0.3 is 30.1 Å². The molecule has 0 radical (unpaired) electrons. The molecule has 324 valence electrons. The fraction of sp³-hybridized carbons (Fsp3) is 0.250. The van der Waals surface area contributed by atoms with Gasteiger partial charge in [-0.25, -0.2) is 4.79 Å². The number of nitrogens with zero attached hydrogens (tertiary/aromatic N) is 1. The first-order chi connectivity index (χ1) is 30.5. The molecule has 0 saturated heterocycles. The molecule has 63 heavy (non-hydrogen) atoms. The quantitative estimate of drug-likeness (QED) is 0.0573. The van der Waals surface area contributed by atoms with Crippen LogP contribution in [0, 0.1) is 6.92 Å². The Morgan fingerprint density at radius 3 is 1.95 bits per heavy atom. The van der Waals surface area contributed by atoms with Crippen molar-refractivity contribution in [1.82, 2.24) is 15.9 Å². The van der Waals surface area contributed by atoms with Crippen LogP contribution in [-0.4, -0.2) is 49.8 Å². The average molecular weight is 847 g/mol. The second-order valence-electron chi connectivity index (χ2n) is 15.7. The Bertz CT molecular complexity index is 2480. The minimum Gasteiger partial charge on any atom is -0.497 e. The standard InChI is InChI=1S/C52H54N4O7/c1-6-7-21-47(50(58)54-49(36-15-9-8-10-16-36)37-24-22-34(2)23-25-37)56(55-35(3)57)63-39-28-26-38(27-29-39)52(53,46-31-30-40(60-4)32-48(46)61-5)51(59)62-33-45-43-19-13-11-17-41(43)42-18-12-14-20-44(42)45/h8-20,22-32,45,47,49H,6-7,21,33,53H2,1-5H3,(H,54,58)(H,55,57)/t47-,49?,52?/m0/s1. The molecule has 11 heteroatoms. The zero-order valence-corrected chi connectivity index (χ0v) is 36.3. The van der Waals surface area contributed by atoms with Crippen LogP contribution < -0.4 is 30.8 Å². The van der Waals surface area contributed by atoms with Gasteiger partial charge in [0.1, 0.15) is 29.9 Å². The van der Waals surface area contributed by atoms with E-state index in [4.69, 9.17) is 24.8 Å². The topological polar surface area (TPSA) is 141 Å². The SMILES string of the molecule is CCCC[C@@H](C(=O)NC(c1ccccc1)c1ccc(C)cc1)N(NC(C)=O)Oc1ccc(C(N)(C(=O)OCC2c3ccccc3-c3ccccc32)c2ccc(OC)cc2OC)cc1. The number of hydrogen-bond acceptors (Lipinski definition) is 9. The molecule has 1 aliphatic rings. The number of nitrogens with two attached hydrogens (primary N) is 1. The average Bonchev–Trinajstić information content (AvgIpc) is 3.63. The van der Waals surface area contributed by atoms with Crippen LogP contribution in [0.3, 0.4) is 0 Å². The van der Waals surface area contributed by atoms with Gasteiger partial charge in [0, 0.05) is 24.5 Å². The highest BCUT2D eigenvalue weighted by atomic mass is 16.7. The van der Waals surface area contributed by atoms with Crippen LogP contribution in [0.1, 0.15) is 84.0 Å². The summed E-state index contributed by atoms with van der Waals surface area (Å²) in [6.45, 7) is 5.45. The van der Waals surface area contributed by atoms with Crippen LogP contribution in [0.2, 0.25) is 0 Å². The number of amides is 2. The fourth-order valence-corrected chi connectivity index (χ4v) is 8.19. The molecule has 0 saturated carbocycles. The number of methoxy groups -OCH3 is 2. The molecule has 0 aromatic heterocycles. The number of esters is 1. The van der Waals surface area contributed by atoms with E-state index in [1.165, 1.54) is 19.2 Å². The maximum absolute atomic E-state index is 14.7. The van der Waals surface area contributed by atoms with Crippen LogP contribution in [0.15, 0.2) is 146 Å². The van der Waals surface area contributed by atoms with Gasteiger partial charge in [0.25, 0.3) is 0 Å². The lowest BCUT2D eigenvalue weighted by Crippen LogP contribution is -2.56. The third-order valence-electron chi connectivity index (χ3n) is 11.5. The summed E-state index contributed by atoms with van der Waals surface area (Å²) in [7, 11) is 3.04. The van der Waals surface area contributed by atoms with Gasteiger partial charge in [0.05, 0.1) is 20.3 Å². The predicted molar refractivity (Wildman–Crippen MR) is 243 cm³/mol. The van der Waals surface area contributed by atoms with E-state index in [-0.39, 0.29) is 24.2 Å². The van der Waals surface area contributed by atoms with Crippen molar-refractivity contribution >= 4 is 17.8 Å². The molecule has 0 bridgehead atoms. The van der Waals surface area contributed by atoms with Gasteiger partial charge in [-0.3, -0.25) is 15.0 Å². The number of unbranched alkanes of at least 4 members (excludes halogenated alkanes) is 1. The van der Waals surface area contributed by atoms with E-state index in [2.05, 4.69) is 35.0 Å². The van der Waals surface area contributed by atoms with Gasteiger partial charge in [0.2, 0.25) is 11.8 Å².